The van der Waals surface area contributed by atoms with Crippen molar-refractivity contribution < 1.29 is 17.6 Å². The average molecular weight is 361 g/mol. The number of hydrogen-bond donors (Lipinski definition) is 1. The Kier molecular flexibility index (Phi) is 4.41. The summed E-state index contributed by atoms with van der Waals surface area (Å²) < 4.78 is 37.1. The molecule has 0 atom stereocenters. The molecule has 1 aliphatic carbocycles. The zero-order chi connectivity index (χ0) is 18.2. The Morgan fingerprint density at radius 3 is 2.28 bits per heavy atom. The van der Waals surface area contributed by atoms with Crippen LogP contribution in [0.4, 0.5) is 4.39 Å². The fourth-order valence-electron chi connectivity index (χ4n) is 3.11. The molecule has 1 fully saturated rings. The second kappa shape index (κ2) is 6.26. The van der Waals surface area contributed by atoms with Gasteiger partial charge in [0.1, 0.15) is 10.7 Å². The van der Waals surface area contributed by atoms with Gasteiger partial charge in [-0.15, -0.1) is 0 Å². The summed E-state index contributed by atoms with van der Waals surface area (Å²) in [4.78, 5) is 12.2. The zero-order valence-electron chi connectivity index (χ0n) is 14.2. The van der Waals surface area contributed by atoms with Crippen molar-refractivity contribution in [2.75, 3.05) is 6.26 Å². The summed E-state index contributed by atoms with van der Waals surface area (Å²) in [5.41, 5.74) is 1.87. The molecule has 6 heteroatoms. The Morgan fingerprint density at radius 2 is 1.76 bits per heavy atom. The number of nitrogens with one attached hydrogen (secondary N) is 1. The van der Waals surface area contributed by atoms with Crippen molar-refractivity contribution in [3.8, 4) is 0 Å². The molecule has 4 nitrogen and oxygen atoms in total. The van der Waals surface area contributed by atoms with Crippen LogP contribution in [0.25, 0.3) is 0 Å². The van der Waals surface area contributed by atoms with Crippen molar-refractivity contribution >= 4 is 15.7 Å². The summed E-state index contributed by atoms with van der Waals surface area (Å²) in [6.07, 6.45) is 3.57. The molecule has 132 valence electrons. The van der Waals surface area contributed by atoms with Crippen molar-refractivity contribution in [2.24, 2.45) is 0 Å². The van der Waals surface area contributed by atoms with Crippen LogP contribution in [0.15, 0.2) is 47.4 Å². The van der Waals surface area contributed by atoms with Crippen molar-refractivity contribution in [3.63, 3.8) is 0 Å². The highest BCUT2D eigenvalue weighted by Crippen LogP contribution is 2.41. The van der Waals surface area contributed by atoms with Crippen molar-refractivity contribution in [2.45, 2.75) is 36.6 Å². The highest BCUT2D eigenvalue weighted by molar-refractivity contribution is 7.90. The van der Waals surface area contributed by atoms with Crippen LogP contribution >= 0.6 is 0 Å². The predicted molar refractivity (Wildman–Crippen MR) is 93.7 cm³/mol. The van der Waals surface area contributed by atoms with E-state index in [2.05, 4.69) is 5.32 Å². The first-order valence-corrected chi connectivity index (χ1v) is 10.00. The lowest BCUT2D eigenvalue weighted by Crippen LogP contribution is -2.50. The first-order valence-electron chi connectivity index (χ1n) is 8.11. The average Bonchev–Trinajstić information content (AvgIpc) is 2.51. The van der Waals surface area contributed by atoms with E-state index in [4.69, 9.17) is 0 Å². The Morgan fingerprint density at radius 1 is 1.12 bits per heavy atom. The monoisotopic (exact) mass is 361 g/mol. The molecule has 2 aromatic rings. The Balaban J connectivity index is 1.90. The second-order valence-corrected chi connectivity index (χ2v) is 8.66. The Labute approximate surface area is 147 Å². The van der Waals surface area contributed by atoms with E-state index in [0.29, 0.717) is 0 Å². The molecule has 0 radical (unpaired) electrons. The van der Waals surface area contributed by atoms with Gasteiger partial charge in [-0.3, -0.25) is 4.79 Å². The number of aryl methyl sites for hydroxylation is 1. The van der Waals surface area contributed by atoms with Gasteiger partial charge >= 0.3 is 0 Å². The molecule has 1 N–H and O–H groups in total. The normalized spacial score (nSPS) is 16.1. The second-order valence-electron chi connectivity index (χ2n) is 6.67. The molecule has 25 heavy (non-hydrogen) atoms. The van der Waals surface area contributed by atoms with E-state index in [9.17, 15) is 17.6 Å². The van der Waals surface area contributed by atoms with E-state index in [1.165, 1.54) is 6.07 Å². The molecule has 2 aromatic carbocycles. The van der Waals surface area contributed by atoms with Gasteiger partial charge in [0.2, 0.25) is 0 Å². The third-order valence-corrected chi connectivity index (χ3v) is 5.87. The van der Waals surface area contributed by atoms with Crippen LogP contribution in [0.2, 0.25) is 0 Å². The van der Waals surface area contributed by atoms with E-state index in [0.717, 1.165) is 48.8 Å². The van der Waals surface area contributed by atoms with Crippen molar-refractivity contribution in [1.82, 2.24) is 5.32 Å². The van der Waals surface area contributed by atoms with Gasteiger partial charge in [-0.25, -0.2) is 12.8 Å². The molecule has 0 aromatic heterocycles. The number of sulfone groups is 1. The Bertz CT molecular complexity index is 916. The molecule has 0 heterocycles. The van der Waals surface area contributed by atoms with Crippen LogP contribution < -0.4 is 5.32 Å². The number of benzene rings is 2. The molecular formula is C19H20FNO3S. The molecule has 0 spiro atoms. The number of carbonyl (C=O) groups excluding carboxylic acids is 1. The fraction of sp³-hybridized carbons (Fsp3) is 0.316. The summed E-state index contributed by atoms with van der Waals surface area (Å²) >= 11 is 0. The fourth-order valence-corrected chi connectivity index (χ4v) is 3.87. The number of hydrogen-bond acceptors (Lipinski definition) is 3. The largest absolute Gasteiger partial charge is 0.343 e. The van der Waals surface area contributed by atoms with E-state index in [1.807, 2.05) is 31.2 Å². The number of rotatable bonds is 4. The van der Waals surface area contributed by atoms with Gasteiger partial charge in [0.25, 0.3) is 5.91 Å². The van der Waals surface area contributed by atoms with Gasteiger partial charge in [-0.1, -0.05) is 29.8 Å². The molecule has 3 rings (SSSR count). The van der Waals surface area contributed by atoms with Crippen LogP contribution in [0.1, 0.15) is 40.7 Å². The minimum atomic E-state index is -3.74. The minimum Gasteiger partial charge on any atom is -0.343 e. The van der Waals surface area contributed by atoms with Gasteiger partial charge in [0.15, 0.2) is 9.84 Å². The standard InChI is InChI=1S/C19H20FNO3S/c1-13-4-7-15(8-5-13)19(10-3-11-19)21-18(22)14-6-9-16(20)17(12-14)25(2,23)24/h4-9,12H,3,10-11H2,1-2H3,(H,21,22). The first-order chi connectivity index (χ1) is 11.7. The number of halogens is 1. The van der Waals surface area contributed by atoms with Crippen molar-refractivity contribution in [1.29, 1.82) is 0 Å². The van der Waals surface area contributed by atoms with Crippen LogP contribution in [0, 0.1) is 12.7 Å². The maximum atomic E-state index is 13.7. The first kappa shape index (κ1) is 17.6. The predicted octanol–water partition coefficient (Wildman–Crippen LogP) is 3.35. The van der Waals surface area contributed by atoms with Crippen molar-refractivity contribution in [3.05, 3.63) is 65.0 Å². The summed E-state index contributed by atoms with van der Waals surface area (Å²) in [6, 6.07) is 11.4. The van der Waals surface area contributed by atoms with Gasteiger partial charge < -0.3 is 5.32 Å². The zero-order valence-corrected chi connectivity index (χ0v) is 15.0. The van der Waals surface area contributed by atoms with Crippen LogP contribution in [0.3, 0.4) is 0 Å². The van der Waals surface area contributed by atoms with Gasteiger partial charge in [-0.05, 0) is 49.9 Å². The quantitative estimate of drug-likeness (QED) is 0.908. The third kappa shape index (κ3) is 3.44. The lowest BCUT2D eigenvalue weighted by Gasteiger charge is -2.43. The molecule has 1 aliphatic rings. The third-order valence-electron chi connectivity index (χ3n) is 4.76. The molecule has 1 saturated carbocycles. The van der Waals surface area contributed by atoms with Gasteiger partial charge in [-0.2, -0.15) is 0 Å². The molecule has 0 unspecified atom stereocenters. The molecular weight excluding hydrogens is 341 g/mol. The smallest absolute Gasteiger partial charge is 0.252 e. The van der Waals surface area contributed by atoms with E-state index < -0.39 is 32.0 Å². The topological polar surface area (TPSA) is 63.2 Å². The SMILES string of the molecule is Cc1ccc(C2(NC(=O)c3ccc(F)c(S(C)(=O)=O)c3)CCC2)cc1. The molecule has 0 bridgehead atoms. The van der Waals surface area contributed by atoms with Crippen LogP contribution in [-0.4, -0.2) is 20.6 Å². The highest BCUT2D eigenvalue weighted by Gasteiger charge is 2.40. The summed E-state index contributed by atoms with van der Waals surface area (Å²) in [7, 11) is -3.74. The highest BCUT2D eigenvalue weighted by atomic mass is 32.2. The summed E-state index contributed by atoms with van der Waals surface area (Å²) in [5, 5.41) is 3.02. The number of amides is 1. The Hall–Kier alpha value is -2.21. The summed E-state index contributed by atoms with van der Waals surface area (Å²) in [6.45, 7) is 2.00. The van der Waals surface area contributed by atoms with E-state index >= 15 is 0 Å². The van der Waals surface area contributed by atoms with Crippen LogP contribution in [-0.2, 0) is 15.4 Å². The van der Waals surface area contributed by atoms with Crippen LogP contribution in [0.5, 0.6) is 0 Å². The maximum absolute atomic E-state index is 13.7. The molecule has 0 aliphatic heterocycles. The molecule has 1 amide bonds. The lowest BCUT2D eigenvalue weighted by molar-refractivity contribution is 0.0823. The van der Waals surface area contributed by atoms with E-state index in [-0.39, 0.29) is 5.56 Å². The number of carbonyl (C=O) groups is 1. The summed E-state index contributed by atoms with van der Waals surface area (Å²) in [5.74, 6) is -1.25. The molecule has 0 saturated heterocycles. The van der Waals surface area contributed by atoms with Gasteiger partial charge in [0.05, 0.1) is 5.54 Å². The van der Waals surface area contributed by atoms with E-state index in [1.54, 1.807) is 0 Å². The lowest BCUT2D eigenvalue weighted by atomic mass is 9.71. The maximum Gasteiger partial charge on any atom is 0.252 e. The van der Waals surface area contributed by atoms with Gasteiger partial charge in [0, 0.05) is 11.8 Å². The minimum absolute atomic E-state index is 0.139.